The lowest BCUT2D eigenvalue weighted by Crippen LogP contribution is -2.36. The van der Waals surface area contributed by atoms with Crippen LogP contribution in [-0.4, -0.2) is 59.8 Å². The number of nitrogens with one attached hydrogen (secondary N) is 4. The highest BCUT2D eigenvalue weighted by molar-refractivity contribution is 7.90. The predicted molar refractivity (Wildman–Crippen MR) is 154 cm³/mol. The van der Waals surface area contributed by atoms with Gasteiger partial charge in [0.25, 0.3) is 5.91 Å². The Morgan fingerprint density at radius 1 is 0.977 bits per heavy atom. The van der Waals surface area contributed by atoms with Crippen molar-refractivity contribution in [3.63, 3.8) is 0 Å². The van der Waals surface area contributed by atoms with Crippen LogP contribution in [0.15, 0.2) is 48.5 Å². The summed E-state index contributed by atoms with van der Waals surface area (Å²) in [4.78, 5) is 36.6. The first-order chi connectivity index (χ1) is 20.8. The average Bonchev–Trinajstić information content (AvgIpc) is 3.88. The van der Waals surface area contributed by atoms with Crippen molar-refractivity contribution in [2.75, 3.05) is 23.8 Å². The van der Waals surface area contributed by atoms with Crippen LogP contribution in [0, 0.1) is 0 Å². The van der Waals surface area contributed by atoms with Gasteiger partial charge in [-0.15, -0.1) is 0 Å². The first-order valence-corrected chi connectivity index (χ1v) is 15.4. The first kappa shape index (κ1) is 31.3. The molecule has 2 aromatic carbocycles. The summed E-state index contributed by atoms with van der Waals surface area (Å²) < 4.78 is 68.9. The summed E-state index contributed by atoms with van der Waals surface area (Å²) in [5.74, 6) is -1.31. The molecule has 4 N–H and O–H groups in total. The molecule has 44 heavy (non-hydrogen) atoms. The third kappa shape index (κ3) is 8.47. The lowest BCUT2D eigenvalue weighted by Gasteiger charge is -2.19. The normalized spacial score (nSPS) is 15.6. The number of ether oxygens (including phenoxy) is 1. The van der Waals surface area contributed by atoms with Gasteiger partial charge in [-0.05, 0) is 67.6 Å². The SMILES string of the molecule is O=C(CCNC(=O)c1ccc(Nc2nc(NC3(c4ccc(Cl)cc4)CC3)nc(OCC(F)(F)F)n2)cc1)NS(=O)(=O)C1CC1. The van der Waals surface area contributed by atoms with Gasteiger partial charge in [-0.25, -0.2) is 8.42 Å². The van der Waals surface area contributed by atoms with E-state index in [0.717, 1.165) is 18.4 Å². The fraction of sp³-hybridized carbons (Fsp3) is 0.370. The van der Waals surface area contributed by atoms with E-state index in [1.807, 2.05) is 16.9 Å². The molecule has 2 aliphatic carbocycles. The van der Waals surface area contributed by atoms with Gasteiger partial charge in [-0.1, -0.05) is 23.7 Å². The highest BCUT2D eigenvalue weighted by Crippen LogP contribution is 2.48. The standard InChI is InChI=1S/C27H27ClF3N7O5S/c28-18-5-3-17(4-6-18)26(12-13-26)37-24-34-23(35-25(36-24)43-15-27(29,30)31)33-19-7-1-16(2-8-19)22(40)32-14-11-21(39)38-44(41,42)20-9-10-20/h1-8,20H,9-15H2,(H,32,40)(H,38,39)(H2,33,34,35,36,37). The maximum Gasteiger partial charge on any atom is 0.422 e. The Kier molecular flexibility index (Phi) is 8.83. The van der Waals surface area contributed by atoms with Gasteiger partial charge < -0.3 is 20.7 Å². The van der Waals surface area contributed by atoms with Crippen LogP contribution in [-0.2, 0) is 20.4 Å². The number of halogens is 4. The Hall–Kier alpha value is -4.18. The lowest BCUT2D eigenvalue weighted by atomic mass is 10.1. The number of aromatic nitrogens is 3. The van der Waals surface area contributed by atoms with Crippen LogP contribution in [0.3, 0.4) is 0 Å². The Labute approximate surface area is 255 Å². The second kappa shape index (κ2) is 12.4. The van der Waals surface area contributed by atoms with Crippen LogP contribution >= 0.6 is 11.6 Å². The Balaban J connectivity index is 1.22. The van der Waals surface area contributed by atoms with E-state index in [1.54, 1.807) is 12.1 Å². The van der Waals surface area contributed by atoms with Crippen molar-refractivity contribution < 1.29 is 35.9 Å². The summed E-state index contributed by atoms with van der Waals surface area (Å²) in [5.41, 5.74) is 1.04. The fourth-order valence-electron chi connectivity index (χ4n) is 4.17. The number of carbonyl (C=O) groups is 2. The van der Waals surface area contributed by atoms with Crippen molar-refractivity contribution in [1.82, 2.24) is 25.0 Å². The van der Waals surface area contributed by atoms with E-state index in [-0.39, 0.29) is 30.4 Å². The second-order valence-electron chi connectivity index (χ2n) is 10.4. The van der Waals surface area contributed by atoms with Crippen molar-refractivity contribution in [1.29, 1.82) is 0 Å². The van der Waals surface area contributed by atoms with Gasteiger partial charge in [0.1, 0.15) is 0 Å². The van der Waals surface area contributed by atoms with Crippen LogP contribution in [0.2, 0.25) is 5.02 Å². The number of alkyl halides is 3. The number of benzene rings is 2. The molecule has 3 aromatic rings. The average molecular weight is 654 g/mol. The van der Waals surface area contributed by atoms with Crippen LogP contribution in [0.4, 0.5) is 30.8 Å². The summed E-state index contributed by atoms with van der Waals surface area (Å²) >= 11 is 6.00. The van der Waals surface area contributed by atoms with Gasteiger partial charge in [0.2, 0.25) is 27.8 Å². The Bertz CT molecular complexity index is 1630. The molecule has 0 atom stereocenters. The highest BCUT2D eigenvalue weighted by atomic mass is 35.5. The van der Waals surface area contributed by atoms with E-state index >= 15 is 0 Å². The topological polar surface area (TPSA) is 164 Å². The van der Waals surface area contributed by atoms with Crippen molar-refractivity contribution in [3.05, 3.63) is 64.7 Å². The van der Waals surface area contributed by atoms with Crippen LogP contribution in [0.5, 0.6) is 6.01 Å². The summed E-state index contributed by atoms with van der Waals surface area (Å²) in [7, 11) is -3.66. The molecule has 0 spiro atoms. The molecular weight excluding hydrogens is 627 g/mol. The van der Waals surface area contributed by atoms with Crippen LogP contribution in [0.1, 0.15) is 48.0 Å². The van der Waals surface area contributed by atoms with Crippen LogP contribution < -0.4 is 25.4 Å². The third-order valence-electron chi connectivity index (χ3n) is 6.74. The molecule has 2 amide bonds. The van der Waals surface area contributed by atoms with Gasteiger partial charge >= 0.3 is 12.2 Å². The number of amides is 2. The summed E-state index contributed by atoms with van der Waals surface area (Å²) in [5, 5.41) is 8.63. The van der Waals surface area contributed by atoms with Gasteiger partial charge in [-0.3, -0.25) is 14.3 Å². The molecule has 0 unspecified atom stereocenters. The minimum absolute atomic E-state index is 0.00269. The monoisotopic (exact) mass is 653 g/mol. The van der Waals surface area contributed by atoms with Crippen LogP contribution in [0.25, 0.3) is 0 Å². The van der Waals surface area contributed by atoms with Gasteiger partial charge in [0.15, 0.2) is 6.61 Å². The molecule has 234 valence electrons. The molecule has 1 heterocycles. The predicted octanol–water partition coefficient (Wildman–Crippen LogP) is 4.04. The van der Waals surface area contributed by atoms with Crippen molar-refractivity contribution in [2.45, 2.75) is 49.1 Å². The molecule has 2 aliphatic rings. The number of nitrogens with zero attached hydrogens (tertiary/aromatic N) is 3. The molecule has 0 radical (unpaired) electrons. The van der Waals surface area contributed by atoms with E-state index in [2.05, 4.69) is 30.9 Å². The fourth-order valence-corrected chi connectivity index (χ4v) is 5.64. The lowest BCUT2D eigenvalue weighted by molar-refractivity contribution is -0.154. The van der Waals surface area contributed by atoms with E-state index in [0.29, 0.717) is 23.6 Å². The molecule has 12 nitrogen and oxygen atoms in total. The number of carbonyl (C=O) groups excluding carboxylic acids is 2. The number of hydrogen-bond acceptors (Lipinski definition) is 10. The summed E-state index contributed by atoms with van der Waals surface area (Å²) in [6.45, 7) is -1.68. The first-order valence-electron chi connectivity index (χ1n) is 13.5. The molecule has 2 fully saturated rings. The van der Waals surface area contributed by atoms with E-state index in [9.17, 15) is 31.2 Å². The van der Waals surface area contributed by atoms with E-state index < -0.39 is 51.4 Å². The molecule has 17 heteroatoms. The summed E-state index contributed by atoms with van der Waals surface area (Å²) in [6.07, 6.45) is -2.32. The van der Waals surface area contributed by atoms with E-state index in [4.69, 9.17) is 16.3 Å². The zero-order chi connectivity index (χ0) is 31.5. The minimum atomic E-state index is -4.61. The number of anilines is 3. The van der Waals surface area contributed by atoms with Gasteiger partial charge in [-0.2, -0.15) is 28.1 Å². The molecule has 0 saturated heterocycles. The van der Waals surface area contributed by atoms with Crippen molar-refractivity contribution >= 4 is 51.0 Å². The zero-order valence-corrected chi connectivity index (χ0v) is 24.5. The largest absolute Gasteiger partial charge is 0.454 e. The maximum atomic E-state index is 12.8. The molecular formula is C27H27ClF3N7O5S. The van der Waals surface area contributed by atoms with E-state index in [1.165, 1.54) is 24.3 Å². The third-order valence-corrected chi connectivity index (χ3v) is 8.85. The minimum Gasteiger partial charge on any atom is -0.454 e. The number of hydrogen-bond donors (Lipinski definition) is 4. The number of rotatable bonds is 13. The molecule has 5 rings (SSSR count). The molecule has 0 bridgehead atoms. The quantitative estimate of drug-likeness (QED) is 0.212. The molecule has 2 saturated carbocycles. The Morgan fingerprint density at radius 2 is 1.64 bits per heavy atom. The zero-order valence-electron chi connectivity index (χ0n) is 22.9. The second-order valence-corrected chi connectivity index (χ2v) is 12.8. The molecule has 1 aromatic heterocycles. The smallest absolute Gasteiger partial charge is 0.422 e. The Morgan fingerprint density at radius 3 is 2.25 bits per heavy atom. The number of sulfonamides is 1. The molecule has 0 aliphatic heterocycles. The van der Waals surface area contributed by atoms with Gasteiger partial charge in [0, 0.05) is 29.2 Å². The maximum absolute atomic E-state index is 12.8. The van der Waals surface area contributed by atoms with Crippen molar-refractivity contribution in [3.8, 4) is 6.01 Å². The summed E-state index contributed by atoms with van der Waals surface area (Å²) in [6, 6.07) is 12.6. The highest BCUT2D eigenvalue weighted by Gasteiger charge is 2.45. The van der Waals surface area contributed by atoms with Gasteiger partial charge in [0.05, 0.1) is 10.8 Å². The van der Waals surface area contributed by atoms with Crippen molar-refractivity contribution in [2.24, 2.45) is 0 Å².